The fourth-order valence-corrected chi connectivity index (χ4v) is 4.36. The molecular formula is C24H22N2O. The quantitative estimate of drug-likeness (QED) is 0.461. The molecular weight excluding hydrogens is 332 g/mol. The van der Waals surface area contributed by atoms with E-state index >= 15 is 0 Å². The summed E-state index contributed by atoms with van der Waals surface area (Å²) in [6.07, 6.45) is 5.74. The van der Waals surface area contributed by atoms with Gasteiger partial charge in [-0.15, -0.1) is 0 Å². The summed E-state index contributed by atoms with van der Waals surface area (Å²) in [7, 11) is 0. The molecule has 0 aliphatic heterocycles. The van der Waals surface area contributed by atoms with Gasteiger partial charge in [-0.1, -0.05) is 67.8 Å². The van der Waals surface area contributed by atoms with Gasteiger partial charge in [-0.05, 0) is 41.8 Å². The highest BCUT2D eigenvalue weighted by Crippen LogP contribution is 2.32. The van der Waals surface area contributed by atoms with E-state index in [1.54, 1.807) is 0 Å². The Morgan fingerprint density at radius 3 is 2.41 bits per heavy atom. The first-order valence-corrected chi connectivity index (χ1v) is 9.82. The van der Waals surface area contributed by atoms with E-state index in [2.05, 4.69) is 30.3 Å². The van der Waals surface area contributed by atoms with Crippen molar-refractivity contribution in [2.45, 2.75) is 38.1 Å². The Morgan fingerprint density at radius 1 is 0.815 bits per heavy atom. The van der Waals surface area contributed by atoms with E-state index in [9.17, 15) is 4.79 Å². The summed E-state index contributed by atoms with van der Waals surface area (Å²) in [5.74, 6) is 0.802. The third-order valence-corrected chi connectivity index (χ3v) is 5.76. The van der Waals surface area contributed by atoms with Crippen LogP contribution in [0.1, 0.15) is 38.1 Å². The lowest BCUT2D eigenvalue weighted by Gasteiger charge is -2.26. The Morgan fingerprint density at radius 2 is 1.56 bits per heavy atom. The highest BCUT2D eigenvalue weighted by Gasteiger charge is 2.22. The maximum atomic E-state index is 13.4. The summed E-state index contributed by atoms with van der Waals surface area (Å²) in [5.41, 5.74) is 1.88. The average molecular weight is 354 g/mol. The number of fused-ring (bicyclic) bond motifs is 2. The second-order valence-electron chi connectivity index (χ2n) is 7.48. The number of aromatic nitrogens is 2. The van der Waals surface area contributed by atoms with Gasteiger partial charge in [0.05, 0.1) is 10.9 Å². The highest BCUT2D eigenvalue weighted by atomic mass is 16.1. The lowest BCUT2D eigenvalue weighted by Crippen LogP contribution is -2.29. The summed E-state index contributed by atoms with van der Waals surface area (Å²) in [6, 6.07) is 22.6. The van der Waals surface area contributed by atoms with Gasteiger partial charge in [-0.25, -0.2) is 4.98 Å². The smallest absolute Gasteiger partial charge is 0.261 e. The molecule has 0 amide bonds. The van der Waals surface area contributed by atoms with Gasteiger partial charge in [0.25, 0.3) is 5.56 Å². The number of rotatable bonds is 2. The summed E-state index contributed by atoms with van der Waals surface area (Å²) >= 11 is 0. The van der Waals surface area contributed by atoms with Crippen molar-refractivity contribution >= 4 is 21.7 Å². The molecule has 0 bridgehead atoms. The molecule has 3 heteroatoms. The van der Waals surface area contributed by atoms with Gasteiger partial charge in [0.2, 0.25) is 0 Å². The van der Waals surface area contributed by atoms with Crippen LogP contribution in [0.5, 0.6) is 0 Å². The van der Waals surface area contributed by atoms with Crippen molar-refractivity contribution in [1.29, 1.82) is 0 Å². The molecule has 4 aromatic rings. The molecule has 3 nitrogen and oxygen atoms in total. The van der Waals surface area contributed by atoms with Crippen molar-refractivity contribution < 1.29 is 0 Å². The van der Waals surface area contributed by atoms with E-state index in [4.69, 9.17) is 4.98 Å². The zero-order valence-electron chi connectivity index (χ0n) is 15.3. The topological polar surface area (TPSA) is 34.9 Å². The second kappa shape index (κ2) is 6.66. The molecule has 0 saturated heterocycles. The molecule has 3 aromatic carbocycles. The lowest BCUT2D eigenvalue weighted by molar-refractivity contribution is 0.348. The van der Waals surface area contributed by atoms with Crippen molar-refractivity contribution in [1.82, 2.24) is 9.55 Å². The predicted octanol–water partition coefficient (Wildman–Crippen LogP) is 5.72. The molecule has 1 aromatic heterocycles. The van der Waals surface area contributed by atoms with Crippen molar-refractivity contribution in [3.05, 3.63) is 77.1 Å². The first-order chi connectivity index (χ1) is 13.3. The van der Waals surface area contributed by atoms with Crippen LogP contribution in [0.3, 0.4) is 0 Å². The van der Waals surface area contributed by atoms with E-state index < -0.39 is 0 Å². The van der Waals surface area contributed by atoms with Crippen LogP contribution < -0.4 is 5.56 Å². The molecule has 0 atom stereocenters. The molecule has 1 saturated carbocycles. The SMILES string of the molecule is O=c1c2ccccc2nc(-c2ccc3ccccc3c2)n1C1CCCCC1. The first kappa shape index (κ1) is 16.2. The lowest BCUT2D eigenvalue weighted by atomic mass is 9.94. The molecule has 0 radical (unpaired) electrons. The first-order valence-electron chi connectivity index (χ1n) is 9.82. The van der Waals surface area contributed by atoms with Crippen LogP contribution in [-0.2, 0) is 0 Å². The van der Waals surface area contributed by atoms with Crippen LogP contribution >= 0.6 is 0 Å². The number of nitrogens with zero attached hydrogens (tertiary/aromatic N) is 2. The maximum absolute atomic E-state index is 13.4. The fraction of sp³-hybridized carbons (Fsp3) is 0.250. The summed E-state index contributed by atoms with van der Waals surface area (Å²) < 4.78 is 1.98. The minimum Gasteiger partial charge on any atom is -0.289 e. The molecule has 0 N–H and O–H groups in total. The number of benzene rings is 3. The third-order valence-electron chi connectivity index (χ3n) is 5.76. The normalized spacial score (nSPS) is 15.4. The monoisotopic (exact) mass is 354 g/mol. The Labute approximate surface area is 158 Å². The molecule has 1 aliphatic carbocycles. The van der Waals surface area contributed by atoms with Crippen LogP contribution in [0.4, 0.5) is 0 Å². The molecule has 0 unspecified atom stereocenters. The minimum absolute atomic E-state index is 0.0932. The zero-order valence-corrected chi connectivity index (χ0v) is 15.3. The zero-order chi connectivity index (χ0) is 18.2. The van der Waals surface area contributed by atoms with Crippen LogP contribution in [-0.4, -0.2) is 9.55 Å². The number of hydrogen-bond acceptors (Lipinski definition) is 2. The Kier molecular flexibility index (Phi) is 4.01. The van der Waals surface area contributed by atoms with E-state index in [1.165, 1.54) is 30.0 Å². The van der Waals surface area contributed by atoms with E-state index in [1.807, 2.05) is 41.0 Å². The van der Waals surface area contributed by atoms with E-state index in [0.29, 0.717) is 5.39 Å². The van der Waals surface area contributed by atoms with Crippen molar-refractivity contribution in [3.8, 4) is 11.4 Å². The largest absolute Gasteiger partial charge is 0.289 e. The van der Waals surface area contributed by atoms with Crippen LogP contribution in [0, 0.1) is 0 Å². The third kappa shape index (κ3) is 2.84. The van der Waals surface area contributed by atoms with Crippen molar-refractivity contribution in [2.75, 3.05) is 0 Å². The molecule has 1 aliphatic rings. The van der Waals surface area contributed by atoms with E-state index in [-0.39, 0.29) is 11.6 Å². The number of para-hydroxylation sites is 1. The van der Waals surface area contributed by atoms with Crippen LogP contribution in [0.25, 0.3) is 33.1 Å². The minimum atomic E-state index is 0.0932. The molecule has 134 valence electrons. The highest BCUT2D eigenvalue weighted by molar-refractivity contribution is 5.87. The van der Waals surface area contributed by atoms with Crippen LogP contribution in [0.2, 0.25) is 0 Å². The average Bonchev–Trinajstić information content (AvgIpc) is 2.74. The van der Waals surface area contributed by atoms with Crippen molar-refractivity contribution in [3.63, 3.8) is 0 Å². The van der Waals surface area contributed by atoms with Gasteiger partial charge in [0.15, 0.2) is 0 Å². The van der Waals surface area contributed by atoms with Gasteiger partial charge < -0.3 is 0 Å². The molecule has 27 heavy (non-hydrogen) atoms. The second-order valence-corrected chi connectivity index (χ2v) is 7.48. The maximum Gasteiger partial charge on any atom is 0.261 e. The van der Waals surface area contributed by atoms with E-state index in [0.717, 1.165) is 29.7 Å². The Bertz CT molecular complexity index is 1190. The van der Waals surface area contributed by atoms with Gasteiger partial charge in [0, 0.05) is 11.6 Å². The van der Waals surface area contributed by atoms with Gasteiger partial charge in [0.1, 0.15) is 5.82 Å². The van der Waals surface area contributed by atoms with Gasteiger partial charge in [-0.3, -0.25) is 9.36 Å². The molecule has 1 fully saturated rings. The molecule has 1 heterocycles. The Balaban J connectivity index is 1.79. The fourth-order valence-electron chi connectivity index (χ4n) is 4.36. The summed E-state index contributed by atoms with van der Waals surface area (Å²) in [6.45, 7) is 0. The summed E-state index contributed by atoms with van der Waals surface area (Å²) in [4.78, 5) is 18.4. The Hall–Kier alpha value is -2.94. The number of hydrogen-bond donors (Lipinski definition) is 0. The standard InChI is InChI=1S/C24H22N2O/c27-24-21-12-6-7-13-22(21)25-23(26(24)20-10-2-1-3-11-20)19-15-14-17-8-4-5-9-18(17)16-19/h4-9,12-16,20H,1-3,10-11H2. The summed E-state index contributed by atoms with van der Waals surface area (Å²) in [5, 5.41) is 3.09. The molecule has 5 rings (SSSR count). The predicted molar refractivity (Wildman–Crippen MR) is 111 cm³/mol. The van der Waals surface area contributed by atoms with Gasteiger partial charge in [-0.2, -0.15) is 0 Å². The van der Waals surface area contributed by atoms with Crippen LogP contribution in [0.15, 0.2) is 71.5 Å². The van der Waals surface area contributed by atoms with Crippen molar-refractivity contribution in [2.24, 2.45) is 0 Å². The molecule has 0 spiro atoms. The van der Waals surface area contributed by atoms with Gasteiger partial charge >= 0.3 is 0 Å².